The average molecular weight is 383 g/mol. The Labute approximate surface area is 161 Å². The highest BCUT2D eigenvalue weighted by Gasteiger charge is 2.25. The minimum Gasteiger partial charge on any atom is -0.366 e. The number of benzene rings is 1. The molecule has 27 heavy (non-hydrogen) atoms. The maximum Gasteiger partial charge on any atom is 0.248 e. The molecule has 0 bridgehead atoms. The van der Waals surface area contributed by atoms with Crippen molar-refractivity contribution < 1.29 is 9.32 Å². The molecule has 7 nitrogen and oxygen atoms in total. The summed E-state index contributed by atoms with van der Waals surface area (Å²) in [6.45, 7) is 4.92. The molecule has 2 N–H and O–H groups in total. The minimum atomic E-state index is -0.449. The van der Waals surface area contributed by atoms with Gasteiger partial charge in [0, 0.05) is 29.0 Å². The molecule has 8 heteroatoms. The normalized spacial score (nSPS) is 15.9. The molecule has 2 aromatic heterocycles. The Balaban J connectivity index is 1.37. The Hall–Kier alpha value is -2.58. The Morgan fingerprint density at radius 2 is 2.00 bits per heavy atom. The summed E-state index contributed by atoms with van der Waals surface area (Å²) in [5.41, 5.74) is 7.69. The number of piperidine rings is 1. The number of carbonyl (C=O) groups excluding carboxylic acids is 1. The van der Waals surface area contributed by atoms with E-state index in [0.717, 1.165) is 48.7 Å². The molecule has 1 saturated heterocycles. The lowest BCUT2D eigenvalue weighted by Gasteiger charge is -2.29. The van der Waals surface area contributed by atoms with Crippen LogP contribution < -0.4 is 5.73 Å². The molecular weight excluding hydrogens is 362 g/mol. The van der Waals surface area contributed by atoms with Crippen molar-refractivity contribution in [1.82, 2.24) is 20.0 Å². The first kappa shape index (κ1) is 17.8. The predicted molar refractivity (Wildman–Crippen MR) is 102 cm³/mol. The predicted octanol–water partition coefficient (Wildman–Crippen LogP) is 2.98. The van der Waals surface area contributed by atoms with Gasteiger partial charge >= 0.3 is 0 Å². The Morgan fingerprint density at radius 3 is 2.63 bits per heavy atom. The van der Waals surface area contributed by atoms with E-state index in [0.29, 0.717) is 17.3 Å². The van der Waals surface area contributed by atoms with Crippen LogP contribution in [0.4, 0.5) is 0 Å². The third-order valence-corrected chi connectivity index (χ3v) is 5.68. The van der Waals surface area contributed by atoms with Gasteiger partial charge in [-0.2, -0.15) is 4.98 Å². The molecule has 0 unspecified atom stereocenters. The van der Waals surface area contributed by atoms with E-state index in [1.165, 1.54) is 0 Å². The van der Waals surface area contributed by atoms with Crippen LogP contribution in [0.2, 0.25) is 0 Å². The number of nitrogens with two attached hydrogens (primary N) is 1. The lowest BCUT2D eigenvalue weighted by Crippen LogP contribution is -2.32. The summed E-state index contributed by atoms with van der Waals surface area (Å²) in [4.78, 5) is 22.7. The number of nitrogens with zero attached hydrogens (tertiary/aromatic N) is 4. The van der Waals surface area contributed by atoms with Gasteiger partial charge in [0.05, 0.1) is 10.7 Å². The standard InChI is InChI=1S/C19H21N5O2S/c1-12-21-16(11-27-12)10-24-8-6-15(7-9-24)19-22-18(23-26-19)14-4-2-13(3-5-14)17(20)25/h2-5,11,15H,6-10H2,1H3,(H2,20,25). The van der Waals surface area contributed by atoms with Crippen molar-refractivity contribution in [2.24, 2.45) is 5.73 Å². The Bertz CT molecular complexity index is 926. The van der Waals surface area contributed by atoms with Crippen LogP contribution in [-0.4, -0.2) is 39.0 Å². The lowest BCUT2D eigenvalue weighted by molar-refractivity contribution is 0.100. The van der Waals surface area contributed by atoms with Gasteiger partial charge in [-0.3, -0.25) is 9.69 Å². The van der Waals surface area contributed by atoms with Crippen LogP contribution in [0.5, 0.6) is 0 Å². The molecule has 0 saturated carbocycles. The molecule has 1 aromatic carbocycles. The summed E-state index contributed by atoms with van der Waals surface area (Å²) < 4.78 is 5.51. The zero-order valence-electron chi connectivity index (χ0n) is 15.1. The van der Waals surface area contributed by atoms with Gasteiger partial charge in [-0.15, -0.1) is 11.3 Å². The fourth-order valence-corrected chi connectivity index (χ4v) is 3.95. The number of aromatic nitrogens is 3. The molecule has 0 aliphatic carbocycles. The quantitative estimate of drug-likeness (QED) is 0.727. The van der Waals surface area contributed by atoms with Crippen LogP contribution >= 0.6 is 11.3 Å². The molecule has 1 fully saturated rings. The maximum atomic E-state index is 11.2. The van der Waals surface area contributed by atoms with Crippen molar-refractivity contribution in [1.29, 1.82) is 0 Å². The molecule has 0 atom stereocenters. The summed E-state index contributed by atoms with van der Waals surface area (Å²) in [6, 6.07) is 6.92. The van der Waals surface area contributed by atoms with Gasteiger partial charge in [0.25, 0.3) is 0 Å². The monoisotopic (exact) mass is 383 g/mol. The number of rotatable bonds is 5. The van der Waals surface area contributed by atoms with Gasteiger partial charge in [-0.05, 0) is 45.0 Å². The largest absolute Gasteiger partial charge is 0.366 e. The highest BCUT2D eigenvalue weighted by Crippen LogP contribution is 2.29. The van der Waals surface area contributed by atoms with E-state index in [4.69, 9.17) is 10.3 Å². The van der Waals surface area contributed by atoms with Crippen molar-refractivity contribution in [3.05, 3.63) is 51.8 Å². The van der Waals surface area contributed by atoms with Crippen molar-refractivity contribution in [2.75, 3.05) is 13.1 Å². The van der Waals surface area contributed by atoms with E-state index in [9.17, 15) is 4.79 Å². The van der Waals surface area contributed by atoms with Gasteiger partial charge < -0.3 is 10.3 Å². The molecule has 3 aromatic rings. The van der Waals surface area contributed by atoms with Crippen LogP contribution in [0.15, 0.2) is 34.2 Å². The van der Waals surface area contributed by atoms with Crippen LogP contribution in [0.1, 0.15) is 45.7 Å². The molecule has 3 heterocycles. The molecule has 0 spiro atoms. The first-order valence-corrected chi connectivity index (χ1v) is 9.83. The smallest absolute Gasteiger partial charge is 0.248 e. The van der Waals surface area contributed by atoms with Crippen LogP contribution in [-0.2, 0) is 6.54 Å². The minimum absolute atomic E-state index is 0.282. The van der Waals surface area contributed by atoms with Crippen LogP contribution in [0.3, 0.4) is 0 Å². The molecular formula is C19H21N5O2S. The van der Waals surface area contributed by atoms with E-state index >= 15 is 0 Å². The van der Waals surface area contributed by atoms with Gasteiger partial charge in [-0.1, -0.05) is 17.3 Å². The number of thiazole rings is 1. The number of likely N-dealkylation sites (tertiary alicyclic amines) is 1. The second kappa shape index (κ2) is 7.58. The van der Waals surface area contributed by atoms with E-state index in [2.05, 4.69) is 25.4 Å². The second-order valence-electron chi connectivity index (χ2n) is 6.81. The summed E-state index contributed by atoms with van der Waals surface area (Å²) in [5, 5.41) is 7.35. The summed E-state index contributed by atoms with van der Waals surface area (Å²) in [7, 11) is 0. The van der Waals surface area contributed by atoms with Gasteiger partial charge in [0.2, 0.25) is 17.6 Å². The van der Waals surface area contributed by atoms with Crippen molar-refractivity contribution in [2.45, 2.75) is 32.2 Å². The Morgan fingerprint density at radius 1 is 1.26 bits per heavy atom. The number of primary amides is 1. The number of amides is 1. The van der Waals surface area contributed by atoms with Gasteiger partial charge in [0.1, 0.15) is 0 Å². The molecule has 1 amide bonds. The van der Waals surface area contributed by atoms with Crippen molar-refractivity contribution in [3.8, 4) is 11.4 Å². The van der Waals surface area contributed by atoms with Crippen LogP contribution in [0.25, 0.3) is 11.4 Å². The molecule has 4 rings (SSSR count). The summed E-state index contributed by atoms with van der Waals surface area (Å²) >= 11 is 1.70. The highest BCUT2D eigenvalue weighted by atomic mass is 32.1. The summed E-state index contributed by atoms with van der Waals surface area (Å²) in [6.07, 6.45) is 1.98. The number of aryl methyl sites for hydroxylation is 1. The molecule has 0 radical (unpaired) electrons. The Kier molecular flexibility index (Phi) is 5.00. The SMILES string of the molecule is Cc1nc(CN2CCC(c3nc(-c4ccc(C(N)=O)cc4)no3)CC2)cs1. The molecule has 1 aliphatic heterocycles. The fraction of sp³-hybridized carbons (Fsp3) is 0.368. The van der Waals surface area contributed by atoms with E-state index < -0.39 is 5.91 Å². The summed E-state index contributed by atoms with van der Waals surface area (Å²) in [5.74, 6) is 1.06. The molecule has 1 aliphatic rings. The lowest BCUT2D eigenvalue weighted by atomic mass is 9.96. The van der Waals surface area contributed by atoms with Crippen LogP contribution in [0, 0.1) is 6.92 Å². The fourth-order valence-electron chi connectivity index (χ4n) is 3.35. The van der Waals surface area contributed by atoms with E-state index in [1.807, 2.05) is 6.92 Å². The first-order valence-electron chi connectivity index (χ1n) is 8.95. The molecule has 140 valence electrons. The average Bonchev–Trinajstić information content (AvgIpc) is 3.32. The number of carbonyl (C=O) groups is 1. The van der Waals surface area contributed by atoms with E-state index in [1.54, 1.807) is 35.6 Å². The third kappa shape index (κ3) is 4.06. The topological polar surface area (TPSA) is 98.1 Å². The zero-order valence-corrected chi connectivity index (χ0v) is 15.9. The second-order valence-corrected chi connectivity index (χ2v) is 7.87. The van der Waals surface area contributed by atoms with Gasteiger partial charge in [0.15, 0.2) is 0 Å². The van der Waals surface area contributed by atoms with Gasteiger partial charge in [-0.25, -0.2) is 4.98 Å². The maximum absolute atomic E-state index is 11.2. The van der Waals surface area contributed by atoms with Crippen molar-refractivity contribution >= 4 is 17.2 Å². The third-order valence-electron chi connectivity index (χ3n) is 4.86. The number of hydrogen-bond donors (Lipinski definition) is 1. The highest BCUT2D eigenvalue weighted by molar-refractivity contribution is 7.09. The van der Waals surface area contributed by atoms with E-state index in [-0.39, 0.29) is 5.92 Å². The van der Waals surface area contributed by atoms with Crippen molar-refractivity contribution in [3.63, 3.8) is 0 Å². The first-order chi connectivity index (χ1) is 13.1. The zero-order chi connectivity index (χ0) is 18.8. The number of hydrogen-bond acceptors (Lipinski definition) is 7.